The number of aryl methyl sites for hydroxylation is 3. The van der Waals surface area contributed by atoms with Gasteiger partial charge in [-0.05, 0) is 58.2 Å². The molecule has 0 unspecified atom stereocenters. The van der Waals surface area contributed by atoms with Gasteiger partial charge in [0.1, 0.15) is 11.8 Å². The van der Waals surface area contributed by atoms with Crippen molar-refractivity contribution in [1.29, 1.82) is 5.26 Å². The highest BCUT2D eigenvalue weighted by molar-refractivity contribution is 6.05. The topological polar surface area (TPSA) is 63.7 Å². The first kappa shape index (κ1) is 16.8. The maximum Gasteiger partial charge on any atom is 0.374 e. The normalized spacial score (nSPS) is 11.9. The summed E-state index contributed by atoms with van der Waals surface area (Å²) in [7, 11) is 5.53. The smallest absolute Gasteiger partial charge is 0.374 e. The van der Waals surface area contributed by atoms with Crippen LogP contribution < -0.4 is 0 Å². The Morgan fingerprint density at radius 1 is 1.09 bits per heavy atom. The van der Waals surface area contributed by atoms with E-state index in [4.69, 9.17) is 12.7 Å². The van der Waals surface area contributed by atoms with Crippen LogP contribution in [0, 0.1) is 52.9 Å². The summed E-state index contributed by atoms with van der Waals surface area (Å²) in [5.74, 6) is 0.304. The van der Waals surface area contributed by atoms with Crippen LogP contribution in [0.2, 0.25) is 0 Å². The molecule has 0 aliphatic rings. The standard InChI is InChI=1S/C17H19BN4O/c1-9-8-22(14(6)10(9)2)15(7-19)17(23-18)16-11(3)12(4)20-21-13(16)5/h8H,1-6H3. The van der Waals surface area contributed by atoms with E-state index in [-0.39, 0.29) is 0 Å². The van der Waals surface area contributed by atoms with Crippen LogP contribution in [-0.2, 0) is 4.65 Å². The average molecular weight is 306 g/mol. The zero-order valence-corrected chi connectivity index (χ0v) is 14.4. The molecule has 0 saturated carbocycles. The van der Waals surface area contributed by atoms with Crippen LogP contribution in [0.15, 0.2) is 6.20 Å². The first-order valence-corrected chi connectivity index (χ1v) is 7.30. The second-order valence-corrected chi connectivity index (χ2v) is 5.67. The summed E-state index contributed by atoms with van der Waals surface area (Å²) < 4.78 is 6.94. The van der Waals surface area contributed by atoms with Crippen molar-refractivity contribution in [3.63, 3.8) is 0 Å². The lowest BCUT2D eigenvalue weighted by Crippen LogP contribution is -2.08. The molecule has 0 aliphatic heterocycles. The molecule has 0 amide bonds. The first-order chi connectivity index (χ1) is 10.8. The van der Waals surface area contributed by atoms with Crippen LogP contribution >= 0.6 is 0 Å². The van der Waals surface area contributed by atoms with E-state index in [9.17, 15) is 5.26 Å². The van der Waals surface area contributed by atoms with Gasteiger partial charge in [-0.1, -0.05) is 0 Å². The van der Waals surface area contributed by atoms with Gasteiger partial charge in [0.25, 0.3) is 0 Å². The summed E-state index contributed by atoms with van der Waals surface area (Å²) in [4.78, 5) is 0. The van der Waals surface area contributed by atoms with Crippen LogP contribution in [-0.4, -0.2) is 22.8 Å². The molecule has 0 spiro atoms. The molecular weight excluding hydrogens is 287 g/mol. The summed E-state index contributed by atoms with van der Waals surface area (Å²) in [6.07, 6.45) is 1.91. The fourth-order valence-corrected chi connectivity index (χ4v) is 2.59. The number of nitrogens with zero attached hydrogens (tertiary/aromatic N) is 4. The molecule has 23 heavy (non-hydrogen) atoms. The van der Waals surface area contributed by atoms with E-state index in [1.807, 2.05) is 52.3 Å². The van der Waals surface area contributed by atoms with E-state index in [1.165, 1.54) is 0 Å². The van der Waals surface area contributed by atoms with Gasteiger partial charge in [0.15, 0.2) is 5.70 Å². The predicted octanol–water partition coefficient (Wildman–Crippen LogP) is 3.08. The van der Waals surface area contributed by atoms with Crippen LogP contribution in [0.25, 0.3) is 11.5 Å². The van der Waals surface area contributed by atoms with Gasteiger partial charge >= 0.3 is 8.05 Å². The minimum absolute atomic E-state index is 0.304. The summed E-state index contributed by atoms with van der Waals surface area (Å²) in [6, 6.07) is 2.21. The largest absolute Gasteiger partial charge is 0.565 e. The number of aromatic nitrogens is 3. The molecule has 0 saturated heterocycles. The Morgan fingerprint density at radius 3 is 2.17 bits per heavy atom. The highest BCUT2D eigenvalue weighted by atomic mass is 16.4. The molecular formula is C17H19BN4O. The molecule has 0 atom stereocenters. The SMILES string of the molecule is [B]OC(=C(C#N)n1cc(C)c(C)c1C)c1c(C)nnc(C)c1C. The Bertz CT molecular complexity index is 843. The van der Waals surface area contributed by atoms with Gasteiger partial charge in [0, 0.05) is 17.5 Å². The molecule has 2 heterocycles. The highest BCUT2D eigenvalue weighted by Crippen LogP contribution is 2.30. The third-order valence-electron chi connectivity index (χ3n) is 4.35. The second-order valence-electron chi connectivity index (χ2n) is 5.67. The highest BCUT2D eigenvalue weighted by Gasteiger charge is 2.20. The van der Waals surface area contributed by atoms with Gasteiger partial charge in [-0.3, -0.25) is 0 Å². The van der Waals surface area contributed by atoms with E-state index >= 15 is 0 Å². The number of allylic oxidation sites excluding steroid dienone is 1. The van der Waals surface area contributed by atoms with Crippen molar-refractivity contribution in [3.8, 4) is 6.07 Å². The molecule has 0 fully saturated rings. The summed E-state index contributed by atoms with van der Waals surface area (Å²) in [6.45, 7) is 11.6. The summed E-state index contributed by atoms with van der Waals surface area (Å²) in [5.41, 5.74) is 6.58. The molecule has 116 valence electrons. The van der Waals surface area contributed by atoms with Crippen molar-refractivity contribution >= 4 is 19.5 Å². The van der Waals surface area contributed by atoms with Crippen molar-refractivity contribution in [1.82, 2.24) is 14.8 Å². The lowest BCUT2D eigenvalue weighted by atomic mass is 10.0. The lowest BCUT2D eigenvalue weighted by Gasteiger charge is -2.17. The molecule has 2 rings (SSSR count). The van der Waals surface area contributed by atoms with E-state index in [0.717, 1.165) is 28.1 Å². The summed E-state index contributed by atoms with van der Waals surface area (Å²) >= 11 is 0. The quantitative estimate of drug-likeness (QED) is 0.496. The van der Waals surface area contributed by atoms with Crippen LogP contribution in [0.3, 0.4) is 0 Å². The van der Waals surface area contributed by atoms with Gasteiger partial charge in [0.2, 0.25) is 0 Å². The fraction of sp³-hybridized carbons (Fsp3) is 0.353. The van der Waals surface area contributed by atoms with E-state index in [1.54, 1.807) is 0 Å². The third kappa shape index (κ3) is 2.75. The number of hydrogen-bond acceptors (Lipinski definition) is 4. The predicted molar refractivity (Wildman–Crippen MR) is 90.4 cm³/mol. The Hall–Kier alpha value is -2.55. The minimum atomic E-state index is 0.304. The Balaban J connectivity index is 2.85. The van der Waals surface area contributed by atoms with Gasteiger partial charge in [-0.15, -0.1) is 0 Å². The van der Waals surface area contributed by atoms with Gasteiger partial charge in [-0.25, -0.2) is 0 Å². The number of rotatable bonds is 3. The molecule has 0 N–H and O–H groups in total. The van der Waals surface area contributed by atoms with Crippen LogP contribution in [0.1, 0.15) is 39.3 Å². The van der Waals surface area contributed by atoms with Crippen molar-refractivity contribution in [2.45, 2.75) is 41.5 Å². The monoisotopic (exact) mass is 306 g/mol. The van der Waals surface area contributed by atoms with Crippen molar-refractivity contribution in [2.75, 3.05) is 0 Å². The van der Waals surface area contributed by atoms with Crippen LogP contribution in [0.5, 0.6) is 0 Å². The maximum atomic E-state index is 9.72. The fourth-order valence-electron chi connectivity index (χ4n) is 2.59. The molecule has 0 aromatic carbocycles. The second kappa shape index (κ2) is 6.29. The molecule has 2 radical (unpaired) electrons. The molecule has 0 bridgehead atoms. The van der Waals surface area contributed by atoms with Crippen molar-refractivity contribution in [2.24, 2.45) is 0 Å². The maximum absolute atomic E-state index is 9.72. The Labute approximate surface area is 138 Å². The molecule has 2 aromatic heterocycles. The van der Waals surface area contributed by atoms with Crippen molar-refractivity contribution in [3.05, 3.63) is 45.5 Å². The Morgan fingerprint density at radius 2 is 1.70 bits per heavy atom. The number of hydrogen-bond donors (Lipinski definition) is 0. The Kier molecular flexibility index (Phi) is 4.60. The van der Waals surface area contributed by atoms with E-state index in [0.29, 0.717) is 22.7 Å². The zero-order chi connectivity index (χ0) is 17.3. The molecule has 5 nitrogen and oxygen atoms in total. The molecule has 6 heteroatoms. The van der Waals surface area contributed by atoms with E-state index in [2.05, 4.69) is 16.3 Å². The van der Waals surface area contributed by atoms with Gasteiger partial charge < -0.3 is 9.22 Å². The molecule has 0 aliphatic carbocycles. The first-order valence-electron chi connectivity index (χ1n) is 7.30. The van der Waals surface area contributed by atoms with Crippen LogP contribution in [0.4, 0.5) is 0 Å². The average Bonchev–Trinajstić information content (AvgIpc) is 2.78. The van der Waals surface area contributed by atoms with Gasteiger partial charge in [-0.2, -0.15) is 15.5 Å². The lowest BCUT2D eigenvalue weighted by molar-refractivity contribution is 0.568. The number of nitriles is 1. The zero-order valence-electron chi connectivity index (χ0n) is 14.4. The third-order valence-corrected chi connectivity index (χ3v) is 4.35. The molecule has 2 aromatic rings. The summed E-state index contributed by atoms with van der Waals surface area (Å²) in [5, 5.41) is 17.9. The van der Waals surface area contributed by atoms with E-state index < -0.39 is 0 Å². The van der Waals surface area contributed by atoms with Crippen molar-refractivity contribution < 1.29 is 4.65 Å². The van der Waals surface area contributed by atoms with Gasteiger partial charge in [0.05, 0.1) is 11.4 Å². The minimum Gasteiger partial charge on any atom is -0.565 e.